The van der Waals surface area contributed by atoms with Gasteiger partial charge in [0.1, 0.15) is 17.5 Å². The number of hydrogen-bond acceptors (Lipinski definition) is 6. The number of nitro benzene ring substituents is 1. The van der Waals surface area contributed by atoms with Crippen LogP contribution in [0, 0.1) is 21.4 Å². The number of ether oxygens (including phenoxy) is 2. The quantitative estimate of drug-likeness (QED) is 0.252. The third-order valence-electron chi connectivity index (χ3n) is 5.46. The molecule has 0 bridgehead atoms. The second kappa shape index (κ2) is 8.52. The zero-order valence-corrected chi connectivity index (χ0v) is 17.7. The molecule has 2 heterocycles. The standard InChI is InChI=1S/C25H16N4O5/c26-13-18(10-16-8-9-22-23(11-16)34-15-33-22)25(30)27-24-21-7-2-1-4-17(21)14-28(24)19-5-3-6-20(12-19)29(31)32/h1-12H,14-15H2/b18-10+,27-24?. The third-order valence-corrected chi connectivity index (χ3v) is 5.46. The Bertz CT molecular complexity index is 1440. The zero-order chi connectivity index (χ0) is 23.7. The van der Waals surface area contributed by atoms with Gasteiger partial charge in [-0.05, 0) is 35.4 Å². The number of amidine groups is 1. The molecule has 1 amide bonds. The number of non-ortho nitro benzene ring substituents is 1. The van der Waals surface area contributed by atoms with Crippen LogP contribution in [0.4, 0.5) is 11.4 Å². The molecule has 0 spiro atoms. The number of carbonyl (C=O) groups is 1. The van der Waals surface area contributed by atoms with Gasteiger partial charge in [-0.2, -0.15) is 10.3 Å². The van der Waals surface area contributed by atoms with Crippen molar-refractivity contribution < 1.29 is 19.2 Å². The number of nitrogens with zero attached hydrogens (tertiary/aromatic N) is 4. The third kappa shape index (κ3) is 3.84. The molecular formula is C25H16N4O5. The van der Waals surface area contributed by atoms with Gasteiger partial charge in [0.25, 0.3) is 11.6 Å². The van der Waals surface area contributed by atoms with E-state index in [9.17, 15) is 20.2 Å². The van der Waals surface area contributed by atoms with Crippen LogP contribution in [0.3, 0.4) is 0 Å². The van der Waals surface area contributed by atoms with Crippen molar-refractivity contribution in [3.63, 3.8) is 0 Å². The van der Waals surface area contributed by atoms with Crippen LogP contribution >= 0.6 is 0 Å². The average molecular weight is 452 g/mol. The van der Waals surface area contributed by atoms with E-state index in [1.807, 2.05) is 30.3 Å². The maximum Gasteiger partial charge on any atom is 0.289 e. The van der Waals surface area contributed by atoms with Gasteiger partial charge in [-0.1, -0.05) is 36.4 Å². The van der Waals surface area contributed by atoms with Crippen LogP contribution in [-0.4, -0.2) is 23.5 Å². The molecule has 34 heavy (non-hydrogen) atoms. The minimum absolute atomic E-state index is 0.0699. The van der Waals surface area contributed by atoms with Gasteiger partial charge in [-0.3, -0.25) is 14.9 Å². The lowest BCUT2D eigenvalue weighted by Crippen LogP contribution is -2.25. The highest BCUT2D eigenvalue weighted by Crippen LogP contribution is 2.34. The molecule has 0 unspecified atom stereocenters. The van der Waals surface area contributed by atoms with Crippen LogP contribution in [-0.2, 0) is 11.3 Å². The Hall–Kier alpha value is -4.97. The Morgan fingerprint density at radius 2 is 1.91 bits per heavy atom. The normalized spacial score (nSPS) is 15.2. The molecule has 166 valence electrons. The van der Waals surface area contributed by atoms with Gasteiger partial charge < -0.3 is 14.4 Å². The Kier molecular flexibility index (Phi) is 5.24. The molecule has 0 atom stereocenters. The van der Waals surface area contributed by atoms with Crippen molar-refractivity contribution in [3.8, 4) is 17.6 Å². The van der Waals surface area contributed by atoms with E-state index in [0.717, 1.165) is 11.1 Å². The van der Waals surface area contributed by atoms with Gasteiger partial charge >= 0.3 is 0 Å². The van der Waals surface area contributed by atoms with Gasteiger partial charge in [0.2, 0.25) is 6.79 Å². The van der Waals surface area contributed by atoms with Crippen LogP contribution in [0.15, 0.2) is 77.3 Å². The lowest BCUT2D eigenvalue weighted by atomic mass is 10.1. The fourth-order valence-corrected chi connectivity index (χ4v) is 3.84. The highest BCUT2D eigenvalue weighted by molar-refractivity contribution is 6.20. The van der Waals surface area contributed by atoms with E-state index in [1.165, 1.54) is 18.2 Å². The number of benzene rings is 3. The molecule has 5 rings (SSSR count). The molecule has 0 N–H and O–H groups in total. The number of nitro groups is 1. The summed E-state index contributed by atoms with van der Waals surface area (Å²) in [6.07, 6.45) is 1.44. The fourth-order valence-electron chi connectivity index (χ4n) is 3.84. The lowest BCUT2D eigenvalue weighted by Gasteiger charge is -2.18. The molecule has 2 aliphatic heterocycles. The van der Waals surface area contributed by atoms with Crippen molar-refractivity contribution >= 4 is 29.2 Å². The van der Waals surface area contributed by atoms with Gasteiger partial charge in [0, 0.05) is 23.4 Å². The first kappa shape index (κ1) is 20.9. The number of nitriles is 1. The predicted octanol–water partition coefficient (Wildman–Crippen LogP) is 4.22. The number of amides is 1. The molecule has 0 aromatic heterocycles. The van der Waals surface area contributed by atoms with E-state index in [2.05, 4.69) is 4.99 Å². The van der Waals surface area contributed by atoms with E-state index in [-0.39, 0.29) is 18.1 Å². The summed E-state index contributed by atoms with van der Waals surface area (Å²) in [5.74, 6) is 0.735. The van der Waals surface area contributed by atoms with E-state index in [4.69, 9.17) is 9.47 Å². The van der Waals surface area contributed by atoms with E-state index in [1.54, 1.807) is 35.2 Å². The molecule has 0 radical (unpaired) electrons. The summed E-state index contributed by atoms with van der Waals surface area (Å²) in [6, 6.07) is 20.6. The summed E-state index contributed by atoms with van der Waals surface area (Å²) in [5, 5.41) is 20.9. The van der Waals surface area contributed by atoms with Crippen LogP contribution < -0.4 is 14.4 Å². The molecule has 0 saturated heterocycles. The minimum Gasteiger partial charge on any atom is -0.454 e. The van der Waals surface area contributed by atoms with Crippen LogP contribution in [0.25, 0.3) is 6.08 Å². The number of fused-ring (bicyclic) bond motifs is 2. The molecule has 3 aromatic rings. The Morgan fingerprint density at radius 3 is 2.74 bits per heavy atom. The van der Waals surface area contributed by atoms with Crippen LogP contribution in [0.5, 0.6) is 11.5 Å². The Morgan fingerprint density at radius 1 is 1.09 bits per heavy atom. The monoisotopic (exact) mass is 452 g/mol. The summed E-state index contributed by atoms with van der Waals surface area (Å²) in [4.78, 5) is 29.8. The second-order valence-electron chi connectivity index (χ2n) is 7.54. The first-order valence-corrected chi connectivity index (χ1v) is 10.3. The summed E-state index contributed by atoms with van der Waals surface area (Å²) < 4.78 is 10.6. The van der Waals surface area contributed by atoms with Crippen molar-refractivity contribution in [2.24, 2.45) is 4.99 Å². The van der Waals surface area contributed by atoms with E-state index in [0.29, 0.717) is 35.1 Å². The highest BCUT2D eigenvalue weighted by Gasteiger charge is 2.28. The summed E-state index contributed by atoms with van der Waals surface area (Å²) >= 11 is 0. The van der Waals surface area contributed by atoms with Crippen LogP contribution in [0.2, 0.25) is 0 Å². The van der Waals surface area contributed by atoms with Crippen LogP contribution in [0.1, 0.15) is 16.7 Å². The molecule has 9 heteroatoms. The van der Waals surface area contributed by atoms with Crippen molar-refractivity contribution in [1.29, 1.82) is 5.26 Å². The molecule has 0 aliphatic carbocycles. The van der Waals surface area contributed by atoms with Gasteiger partial charge in [-0.15, -0.1) is 0 Å². The first-order chi connectivity index (χ1) is 16.5. The van der Waals surface area contributed by atoms with E-state index >= 15 is 0 Å². The van der Waals surface area contributed by atoms with Gasteiger partial charge in [0.15, 0.2) is 11.5 Å². The number of rotatable bonds is 4. The minimum atomic E-state index is -0.720. The topological polar surface area (TPSA) is 118 Å². The largest absolute Gasteiger partial charge is 0.454 e. The molecule has 0 saturated carbocycles. The van der Waals surface area contributed by atoms with Crippen molar-refractivity contribution in [1.82, 2.24) is 0 Å². The SMILES string of the molecule is N#C/C(=C\c1ccc2c(c1)OCO2)C(=O)N=C1c2ccccc2CN1c1cccc([N+](=O)[O-])c1. The molecule has 3 aromatic carbocycles. The first-order valence-electron chi connectivity index (χ1n) is 10.3. The van der Waals surface area contributed by atoms with Crippen molar-refractivity contribution in [2.75, 3.05) is 11.7 Å². The van der Waals surface area contributed by atoms with Crippen molar-refractivity contribution in [2.45, 2.75) is 6.54 Å². The van der Waals surface area contributed by atoms with E-state index < -0.39 is 10.8 Å². The maximum atomic E-state index is 13.1. The summed E-state index contributed by atoms with van der Waals surface area (Å²) in [6.45, 7) is 0.504. The molecular weight excluding hydrogens is 436 g/mol. The van der Waals surface area contributed by atoms with Gasteiger partial charge in [0.05, 0.1) is 11.5 Å². The highest BCUT2D eigenvalue weighted by atomic mass is 16.7. The van der Waals surface area contributed by atoms with Crippen molar-refractivity contribution in [3.05, 3.63) is 99.1 Å². The summed E-state index contributed by atoms with van der Waals surface area (Å²) in [7, 11) is 0. The van der Waals surface area contributed by atoms with Gasteiger partial charge in [-0.25, -0.2) is 0 Å². The summed E-state index contributed by atoms with van der Waals surface area (Å²) in [5.41, 5.74) is 2.53. The number of carbonyl (C=O) groups excluding carboxylic acids is 1. The second-order valence-corrected chi connectivity index (χ2v) is 7.54. The smallest absolute Gasteiger partial charge is 0.289 e. The predicted molar refractivity (Wildman–Crippen MR) is 123 cm³/mol. The molecule has 0 fully saturated rings. The average Bonchev–Trinajstić information content (AvgIpc) is 3.47. The zero-order valence-electron chi connectivity index (χ0n) is 17.7. The molecule has 2 aliphatic rings. The fraction of sp³-hybridized carbons (Fsp3) is 0.0800. The number of anilines is 1. The number of aliphatic imine (C=N–C) groups is 1. The lowest BCUT2D eigenvalue weighted by molar-refractivity contribution is -0.384. The number of hydrogen-bond donors (Lipinski definition) is 0. The maximum absolute atomic E-state index is 13.1. The molecule has 9 nitrogen and oxygen atoms in total. The Labute approximate surface area is 193 Å². The Balaban J connectivity index is 1.53.